The summed E-state index contributed by atoms with van der Waals surface area (Å²) >= 11 is 2.22. The van der Waals surface area contributed by atoms with Gasteiger partial charge in [-0.2, -0.15) is 0 Å². The fraction of sp³-hybridized carbons (Fsp3) is 0.571. The fourth-order valence-corrected chi connectivity index (χ4v) is 4.77. The van der Waals surface area contributed by atoms with E-state index < -0.39 is 12.1 Å². The summed E-state index contributed by atoms with van der Waals surface area (Å²) in [6.45, 7) is 4.44. The molecule has 1 saturated carbocycles. The van der Waals surface area contributed by atoms with Gasteiger partial charge in [0.2, 0.25) is 0 Å². The van der Waals surface area contributed by atoms with Crippen LogP contribution in [-0.2, 0) is 4.79 Å². The maximum absolute atomic E-state index is 14.7. The van der Waals surface area contributed by atoms with E-state index in [1.165, 1.54) is 0 Å². The number of halogens is 2. The Morgan fingerprint density at radius 1 is 1.35 bits per heavy atom. The molecule has 0 aromatic heterocycles. The van der Waals surface area contributed by atoms with Gasteiger partial charge in [-0.1, -0.05) is 52.9 Å². The second-order valence-electron chi connectivity index (χ2n) is 7.15. The van der Waals surface area contributed by atoms with Crippen LogP contribution in [0.5, 0.6) is 5.75 Å². The minimum absolute atomic E-state index is 0.0320. The molecular weight excluding hydrogens is 446 g/mol. The molecule has 4 atom stereocenters. The van der Waals surface area contributed by atoms with Crippen molar-refractivity contribution in [1.82, 2.24) is 0 Å². The first-order valence-electron chi connectivity index (χ1n) is 9.24. The number of carboxylic acid groups (broad SMARTS) is 1. The number of rotatable bonds is 9. The van der Waals surface area contributed by atoms with Gasteiger partial charge >= 0.3 is 5.97 Å². The SMILES string of the molecule is Cc1cccc(C)c1OC[C@H]1C(F)C(I)C[C@@H]1CC=CCCCC(=O)O. The van der Waals surface area contributed by atoms with Crippen molar-refractivity contribution in [3.05, 3.63) is 41.5 Å². The van der Waals surface area contributed by atoms with Crippen molar-refractivity contribution in [3.8, 4) is 5.75 Å². The molecule has 0 saturated heterocycles. The van der Waals surface area contributed by atoms with Gasteiger partial charge in [0, 0.05) is 16.3 Å². The van der Waals surface area contributed by atoms with E-state index in [0.717, 1.165) is 36.1 Å². The number of alkyl halides is 2. The summed E-state index contributed by atoms with van der Waals surface area (Å²) in [4.78, 5) is 10.5. The van der Waals surface area contributed by atoms with Gasteiger partial charge in [-0.05, 0) is 56.6 Å². The van der Waals surface area contributed by atoms with Crippen molar-refractivity contribution < 1.29 is 19.0 Å². The van der Waals surface area contributed by atoms with Crippen molar-refractivity contribution in [1.29, 1.82) is 0 Å². The Kier molecular flexibility index (Phi) is 8.38. The highest BCUT2D eigenvalue weighted by Gasteiger charge is 2.42. The third-order valence-electron chi connectivity index (χ3n) is 5.08. The lowest BCUT2D eigenvalue weighted by atomic mass is 9.92. The molecule has 0 amide bonds. The van der Waals surface area contributed by atoms with E-state index in [-0.39, 0.29) is 22.2 Å². The summed E-state index contributed by atoms with van der Waals surface area (Å²) in [6, 6.07) is 6.04. The summed E-state index contributed by atoms with van der Waals surface area (Å²) in [5, 5.41) is 8.65. The molecular formula is C21H28FIO3. The molecule has 1 fully saturated rings. The van der Waals surface area contributed by atoms with Crippen molar-refractivity contribution in [2.75, 3.05) is 6.61 Å². The van der Waals surface area contributed by atoms with E-state index in [0.29, 0.717) is 13.0 Å². The van der Waals surface area contributed by atoms with Crippen LogP contribution in [0.25, 0.3) is 0 Å². The Morgan fingerprint density at radius 2 is 2.04 bits per heavy atom. The molecule has 3 nitrogen and oxygen atoms in total. The predicted octanol–water partition coefficient (Wildman–Crippen LogP) is 5.66. The Morgan fingerprint density at radius 3 is 2.69 bits per heavy atom. The van der Waals surface area contributed by atoms with Crippen LogP contribution in [0.15, 0.2) is 30.4 Å². The van der Waals surface area contributed by atoms with Gasteiger partial charge in [-0.3, -0.25) is 4.79 Å². The third-order valence-corrected chi connectivity index (χ3v) is 6.28. The minimum Gasteiger partial charge on any atom is -0.493 e. The predicted molar refractivity (Wildman–Crippen MR) is 111 cm³/mol. The van der Waals surface area contributed by atoms with Gasteiger partial charge in [0.25, 0.3) is 0 Å². The van der Waals surface area contributed by atoms with Crippen LogP contribution in [0.4, 0.5) is 4.39 Å². The summed E-state index contributed by atoms with van der Waals surface area (Å²) in [7, 11) is 0. The maximum Gasteiger partial charge on any atom is 0.303 e. The molecule has 1 N–H and O–H groups in total. The number of ether oxygens (including phenoxy) is 1. The molecule has 0 bridgehead atoms. The number of hydrogen-bond donors (Lipinski definition) is 1. The number of benzene rings is 1. The van der Waals surface area contributed by atoms with Gasteiger partial charge in [0.1, 0.15) is 11.9 Å². The largest absolute Gasteiger partial charge is 0.493 e. The molecule has 0 heterocycles. The molecule has 0 radical (unpaired) electrons. The molecule has 1 aliphatic rings. The summed E-state index contributed by atoms with van der Waals surface area (Å²) in [5.41, 5.74) is 2.17. The zero-order valence-corrected chi connectivity index (χ0v) is 17.6. The number of carbonyl (C=O) groups is 1. The number of aryl methyl sites for hydroxylation is 2. The second-order valence-corrected chi connectivity index (χ2v) is 8.75. The Balaban J connectivity index is 1.90. The standard InChI is InChI=1S/C21H28FIO3/c1-14-8-7-9-15(2)21(14)26-13-17-16(12-18(23)20(17)22)10-5-3-4-6-11-19(24)25/h3,5,7-9,16-18,20H,4,6,10-13H2,1-2H3,(H,24,25)/t16-,17+,18?,20?/m0/s1. The Hall–Kier alpha value is -1.11. The number of unbranched alkanes of at least 4 members (excludes halogenated alkanes) is 1. The van der Waals surface area contributed by atoms with Crippen LogP contribution in [-0.4, -0.2) is 27.8 Å². The monoisotopic (exact) mass is 474 g/mol. The molecule has 26 heavy (non-hydrogen) atoms. The van der Waals surface area contributed by atoms with E-state index in [1.54, 1.807) is 0 Å². The molecule has 2 rings (SSSR count). The van der Waals surface area contributed by atoms with Crippen LogP contribution in [0.1, 0.15) is 43.2 Å². The van der Waals surface area contributed by atoms with Gasteiger partial charge in [0.15, 0.2) is 0 Å². The first kappa shape index (κ1) is 21.2. The second kappa shape index (κ2) is 10.3. The number of para-hydroxylation sites is 1. The van der Waals surface area contributed by atoms with E-state index in [9.17, 15) is 9.18 Å². The van der Waals surface area contributed by atoms with Crippen LogP contribution in [0.2, 0.25) is 0 Å². The molecule has 0 aliphatic heterocycles. The zero-order chi connectivity index (χ0) is 19.1. The average molecular weight is 474 g/mol. The van der Waals surface area contributed by atoms with Crippen LogP contribution in [0, 0.1) is 25.7 Å². The van der Waals surface area contributed by atoms with Gasteiger partial charge in [0.05, 0.1) is 6.61 Å². The molecule has 1 aromatic carbocycles. The van der Waals surface area contributed by atoms with Gasteiger partial charge in [-0.25, -0.2) is 4.39 Å². The van der Waals surface area contributed by atoms with E-state index >= 15 is 0 Å². The fourth-order valence-electron chi connectivity index (χ4n) is 3.59. The van der Waals surface area contributed by atoms with E-state index in [1.807, 2.05) is 38.1 Å². The average Bonchev–Trinajstić information content (AvgIpc) is 2.84. The molecule has 1 aromatic rings. The Bertz CT molecular complexity index is 611. The number of hydrogen-bond acceptors (Lipinski definition) is 2. The van der Waals surface area contributed by atoms with Crippen molar-refractivity contribution in [2.45, 2.75) is 56.0 Å². The highest BCUT2D eigenvalue weighted by atomic mass is 127. The summed E-state index contributed by atoms with van der Waals surface area (Å²) < 4.78 is 20.7. The lowest BCUT2D eigenvalue weighted by Crippen LogP contribution is -2.25. The number of aliphatic carboxylic acids is 1. The van der Waals surface area contributed by atoms with Crippen LogP contribution < -0.4 is 4.74 Å². The highest BCUT2D eigenvalue weighted by Crippen LogP contribution is 2.41. The molecule has 5 heteroatoms. The minimum atomic E-state index is -0.842. The summed E-state index contributed by atoms with van der Waals surface area (Å²) in [6.07, 6.45) is 6.56. The number of carboxylic acids is 1. The Labute approximate surface area is 169 Å². The van der Waals surface area contributed by atoms with Gasteiger partial charge < -0.3 is 9.84 Å². The molecule has 144 valence electrons. The molecule has 2 unspecified atom stereocenters. The lowest BCUT2D eigenvalue weighted by molar-refractivity contribution is -0.137. The van der Waals surface area contributed by atoms with Crippen molar-refractivity contribution in [3.63, 3.8) is 0 Å². The molecule has 0 spiro atoms. The van der Waals surface area contributed by atoms with Crippen molar-refractivity contribution in [2.24, 2.45) is 11.8 Å². The normalized spacial score (nSPS) is 25.7. The third kappa shape index (κ3) is 5.96. The number of allylic oxidation sites excluding steroid dienone is 2. The van der Waals surface area contributed by atoms with E-state index in [2.05, 4.69) is 28.7 Å². The topological polar surface area (TPSA) is 46.5 Å². The summed E-state index contributed by atoms with van der Waals surface area (Å²) in [5.74, 6) is 0.289. The first-order chi connectivity index (χ1) is 12.4. The van der Waals surface area contributed by atoms with Crippen LogP contribution >= 0.6 is 22.6 Å². The zero-order valence-electron chi connectivity index (χ0n) is 15.5. The van der Waals surface area contributed by atoms with Crippen LogP contribution in [0.3, 0.4) is 0 Å². The first-order valence-corrected chi connectivity index (χ1v) is 10.5. The van der Waals surface area contributed by atoms with Gasteiger partial charge in [-0.15, -0.1) is 0 Å². The quantitative estimate of drug-likeness (QED) is 0.218. The smallest absolute Gasteiger partial charge is 0.303 e. The lowest BCUT2D eigenvalue weighted by Gasteiger charge is -2.22. The maximum atomic E-state index is 14.7. The molecule has 1 aliphatic carbocycles. The van der Waals surface area contributed by atoms with E-state index in [4.69, 9.17) is 9.84 Å². The highest BCUT2D eigenvalue weighted by molar-refractivity contribution is 14.1. The van der Waals surface area contributed by atoms with Crippen molar-refractivity contribution >= 4 is 28.6 Å².